The van der Waals surface area contributed by atoms with E-state index >= 15 is 0 Å². The second kappa shape index (κ2) is 9.48. The van der Waals surface area contributed by atoms with E-state index in [2.05, 4.69) is 5.32 Å². The van der Waals surface area contributed by atoms with Gasteiger partial charge in [0.1, 0.15) is 6.10 Å². The van der Waals surface area contributed by atoms with Crippen LogP contribution < -0.4 is 10.2 Å². The van der Waals surface area contributed by atoms with E-state index in [1.807, 2.05) is 50.3 Å². The van der Waals surface area contributed by atoms with E-state index in [4.69, 9.17) is 4.74 Å². The number of amides is 2. The van der Waals surface area contributed by atoms with Gasteiger partial charge >= 0.3 is 0 Å². The maximum atomic E-state index is 14.2. The minimum atomic E-state index is -2.79. The van der Waals surface area contributed by atoms with Gasteiger partial charge in [0.25, 0.3) is 11.8 Å². The molecular weight excluding hydrogens is 464 g/mol. The summed E-state index contributed by atoms with van der Waals surface area (Å²) in [5.41, 5.74) is 1.08. The van der Waals surface area contributed by atoms with Crippen LogP contribution in [0.5, 0.6) is 0 Å². The summed E-state index contributed by atoms with van der Waals surface area (Å²) in [6, 6.07) is 14.9. The van der Waals surface area contributed by atoms with Crippen molar-refractivity contribution in [1.29, 1.82) is 0 Å². The second-order valence-corrected chi connectivity index (χ2v) is 14.1. The molecule has 1 fully saturated rings. The largest absolute Gasteiger partial charge is 0.432 e. The summed E-state index contributed by atoms with van der Waals surface area (Å²) in [4.78, 5) is 39.2. The van der Waals surface area contributed by atoms with E-state index in [1.54, 1.807) is 23.1 Å². The van der Waals surface area contributed by atoms with Crippen LogP contribution in [0.4, 0.5) is 11.4 Å². The number of aliphatic hydroxyl groups is 2. The van der Waals surface area contributed by atoms with Crippen molar-refractivity contribution >= 4 is 31.5 Å². The van der Waals surface area contributed by atoms with Gasteiger partial charge in [0.2, 0.25) is 0 Å². The van der Waals surface area contributed by atoms with E-state index in [9.17, 15) is 24.6 Å². The lowest BCUT2D eigenvalue weighted by atomic mass is 9.82. The molecule has 188 valence electrons. The highest BCUT2D eigenvalue weighted by molar-refractivity contribution is 6.71. The Morgan fingerprint density at radius 3 is 2.51 bits per heavy atom. The van der Waals surface area contributed by atoms with E-state index in [0.29, 0.717) is 29.9 Å². The van der Waals surface area contributed by atoms with Crippen molar-refractivity contribution < 1.29 is 29.3 Å². The lowest BCUT2D eigenvalue weighted by molar-refractivity contribution is -0.146. The molecular formula is C26H34N2O6Si. The number of ether oxygens (including phenoxy) is 1. The van der Waals surface area contributed by atoms with Gasteiger partial charge in [0, 0.05) is 29.3 Å². The summed E-state index contributed by atoms with van der Waals surface area (Å²) in [6.07, 6.45) is -1.35. The summed E-state index contributed by atoms with van der Waals surface area (Å²) in [6.45, 7) is 7.22. The van der Waals surface area contributed by atoms with Crippen LogP contribution in [0.25, 0.3) is 0 Å². The Bertz CT molecular complexity index is 1100. The monoisotopic (exact) mass is 498 g/mol. The predicted molar refractivity (Wildman–Crippen MR) is 135 cm³/mol. The highest BCUT2D eigenvalue weighted by atomic mass is 28.4. The summed E-state index contributed by atoms with van der Waals surface area (Å²) in [7, 11) is -2.79. The van der Waals surface area contributed by atoms with Gasteiger partial charge in [-0.15, -0.1) is 0 Å². The minimum Gasteiger partial charge on any atom is -0.432 e. The molecule has 2 aromatic rings. The van der Waals surface area contributed by atoms with Gasteiger partial charge < -0.3 is 30.0 Å². The van der Waals surface area contributed by atoms with Gasteiger partial charge in [-0.1, -0.05) is 37.3 Å². The maximum absolute atomic E-state index is 14.2. The molecule has 2 aliphatic heterocycles. The molecule has 5 atom stereocenters. The maximum Gasteiger partial charge on any atom is 0.264 e. The van der Waals surface area contributed by atoms with Gasteiger partial charge in [-0.2, -0.15) is 0 Å². The Kier molecular flexibility index (Phi) is 6.91. The number of fused-ring (bicyclic) bond motifs is 2. The van der Waals surface area contributed by atoms with E-state index < -0.39 is 32.0 Å². The molecule has 0 aromatic heterocycles. The molecule has 4 N–H and O–H groups in total. The Hall–Kier alpha value is -2.56. The zero-order valence-corrected chi connectivity index (χ0v) is 21.6. The fourth-order valence-electron chi connectivity index (χ4n) is 5.72. The smallest absolute Gasteiger partial charge is 0.264 e. The minimum absolute atomic E-state index is 0.117. The number of hydrogen-bond donors (Lipinski definition) is 4. The molecule has 2 amide bonds. The first-order valence-electron chi connectivity index (χ1n) is 12.0. The number of rotatable bonds is 7. The van der Waals surface area contributed by atoms with E-state index in [-0.39, 0.29) is 24.0 Å². The number of carbonyl (C=O) groups is 2. The van der Waals surface area contributed by atoms with Gasteiger partial charge in [-0.3, -0.25) is 9.59 Å². The van der Waals surface area contributed by atoms with E-state index in [1.165, 1.54) is 6.92 Å². The number of benzene rings is 2. The highest BCUT2D eigenvalue weighted by Crippen LogP contribution is 2.60. The third-order valence-electron chi connectivity index (χ3n) is 7.23. The highest BCUT2D eigenvalue weighted by Gasteiger charge is 2.66. The molecule has 1 saturated heterocycles. The van der Waals surface area contributed by atoms with E-state index in [0.717, 1.165) is 5.56 Å². The van der Waals surface area contributed by atoms with Crippen LogP contribution in [-0.2, 0) is 26.5 Å². The molecule has 1 spiro atoms. The van der Waals surface area contributed by atoms with Gasteiger partial charge in [-0.05, 0) is 50.2 Å². The zero-order chi connectivity index (χ0) is 25.5. The van der Waals surface area contributed by atoms with Gasteiger partial charge in [0.05, 0.1) is 18.3 Å². The van der Waals surface area contributed by atoms with Crippen LogP contribution in [0.3, 0.4) is 0 Å². The molecule has 2 heterocycles. The lowest BCUT2D eigenvalue weighted by Gasteiger charge is -2.32. The fourth-order valence-corrected chi connectivity index (χ4v) is 8.32. The van der Waals surface area contributed by atoms with Crippen molar-refractivity contribution in [2.75, 3.05) is 16.8 Å². The lowest BCUT2D eigenvalue weighted by Crippen LogP contribution is -2.46. The SMILES string of the molecule is C[C@H](O)C(=O)Nc1ccc2c(c1)[C@@]1(O[C@H](CCO)[C@@H]([Si](C)(C)O)[C@@H]1C)C(=O)N2Cc1ccccc1. The third kappa shape index (κ3) is 4.43. The quantitative estimate of drug-likeness (QED) is 0.436. The fraction of sp³-hybridized carbons (Fsp3) is 0.462. The summed E-state index contributed by atoms with van der Waals surface area (Å²) >= 11 is 0. The molecule has 35 heavy (non-hydrogen) atoms. The molecule has 0 aliphatic carbocycles. The summed E-state index contributed by atoms with van der Waals surface area (Å²) in [5, 5.41) is 22.1. The standard InChI is InChI=1S/C26H34N2O6Si/c1-16-23(35(3,4)33)22(12-13-29)34-26(16)20-14-19(27-24(31)17(2)30)10-11-21(20)28(25(26)32)15-18-8-6-5-7-9-18/h5-11,14,16-17,22-23,29-30,33H,12-13,15H2,1-4H3,(H,27,31)/t16-,17-,22+,23-,26+/m0/s1. The van der Waals surface area contributed by atoms with Gasteiger partial charge in [-0.25, -0.2) is 0 Å². The van der Waals surface area contributed by atoms with Crippen molar-refractivity contribution in [3.05, 3.63) is 59.7 Å². The number of carbonyl (C=O) groups excluding carboxylic acids is 2. The van der Waals surface area contributed by atoms with Gasteiger partial charge in [0.15, 0.2) is 13.9 Å². The van der Waals surface area contributed by atoms with Crippen LogP contribution in [0.1, 0.15) is 31.4 Å². The third-order valence-corrected chi connectivity index (χ3v) is 9.73. The second-order valence-electron chi connectivity index (χ2n) is 10.1. The number of aliphatic hydroxyl groups excluding tert-OH is 2. The van der Waals surface area contributed by atoms with Crippen LogP contribution in [-0.4, -0.2) is 54.0 Å². The topological polar surface area (TPSA) is 119 Å². The van der Waals surface area contributed by atoms with Crippen molar-refractivity contribution in [2.45, 2.75) is 63.3 Å². The normalized spacial score (nSPS) is 26.8. The first-order chi connectivity index (χ1) is 16.5. The van der Waals surface area contributed by atoms with Crippen LogP contribution in [0.15, 0.2) is 48.5 Å². The molecule has 4 rings (SSSR count). The number of nitrogens with one attached hydrogen (secondary N) is 1. The van der Waals surface area contributed by atoms with Crippen molar-refractivity contribution in [1.82, 2.24) is 0 Å². The van der Waals surface area contributed by atoms with Crippen molar-refractivity contribution in [3.63, 3.8) is 0 Å². The molecule has 8 nitrogen and oxygen atoms in total. The van der Waals surface area contributed by atoms with Crippen LogP contribution in [0.2, 0.25) is 18.6 Å². The molecule has 2 aromatic carbocycles. The summed E-state index contributed by atoms with van der Waals surface area (Å²) in [5.74, 6) is -1.13. The Morgan fingerprint density at radius 1 is 1.23 bits per heavy atom. The summed E-state index contributed by atoms with van der Waals surface area (Å²) < 4.78 is 6.58. The molecule has 9 heteroatoms. The molecule has 0 bridgehead atoms. The molecule has 0 radical (unpaired) electrons. The Balaban J connectivity index is 1.84. The average molecular weight is 499 g/mol. The molecule has 2 aliphatic rings. The number of hydrogen-bond acceptors (Lipinski definition) is 6. The van der Waals surface area contributed by atoms with Crippen LogP contribution in [0, 0.1) is 5.92 Å². The average Bonchev–Trinajstić information content (AvgIpc) is 3.22. The Morgan fingerprint density at radius 2 is 1.91 bits per heavy atom. The number of nitrogens with zero attached hydrogens (tertiary/aromatic N) is 1. The van der Waals surface area contributed by atoms with Crippen molar-refractivity contribution in [2.24, 2.45) is 5.92 Å². The molecule has 0 saturated carbocycles. The first-order valence-corrected chi connectivity index (χ1v) is 15.0. The Labute approximate surface area is 206 Å². The first kappa shape index (κ1) is 25.5. The van der Waals surface area contributed by atoms with Crippen LogP contribution >= 0.6 is 0 Å². The number of anilines is 2. The predicted octanol–water partition coefficient (Wildman–Crippen LogP) is 2.73. The van der Waals surface area contributed by atoms with Crippen molar-refractivity contribution in [3.8, 4) is 0 Å². The molecule has 0 unspecified atom stereocenters. The zero-order valence-electron chi connectivity index (χ0n) is 20.6.